The van der Waals surface area contributed by atoms with Gasteiger partial charge in [0.25, 0.3) is 15.7 Å². The molecule has 1 saturated heterocycles. The van der Waals surface area contributed by atoms with Crippen LogP contribution >= 0.6 is 0 Å². The minimum Gasteiger partial charge on any atom is -0.443 e. The van der Waals surface area contributed by atoms with Crippen LogP contribution in [0.15, 0.2) is 112 Å². The maximum Gasteiger partial charge on any atom is 0.425 e. The normalized spacial score (nSPS) is 17.7. The first-order valence-corrected chi connectivity index (χ1v) is 18.3. The molecule has 0 radical (unpaired) electrons. The van der Waals surface area contributed by atoms with Crippen LogP contribution in [0.4, 0.5) is 4.79 Å². The van der Waals surface area contributed by atoms with Crippen LogP contribution in [0.5, 0.6) is 0 Å². The average molecular weight is 732 g/mol. The molecule has 15 heteroatoms. The lowest BCUT2D eigenvalue weighted by Gasteiger charge is -2.37. The Labute approximate surface area is 301 Å². The van der Waals surface area contributed by atoms with Gasteiger partial charge in [-0.3, -0.25) is 13.5 Å². The summed E-state index contributed by atoms with van der Waals surface area (Å²) in [5, 5.41) is 3.40. The highest BCUT2D eigenvalue weighted by atomic mass is 32.2. The lowest BCUT2D eigenvalue weighted by atomic mass is 9.80. The molecule has 1 fully saturated rings. The monoisotopic (exact) mass is 731 g/mol. The van der Waals surface area contributed by atoms with E-state index in [1.807, 2.05) is 91.0 Å². The maximum atomic E-state index is 13.7. The SMILES string of the molecule is Cc1cn([C@H]2C[C@@H](OS(=O)(=O)CCCN=[N+]=[N-])[C@@H](COC(c3ccccc3)(c3ccccc3)c3ccccc3)O2)c(=O)n(C(=O)OC(C)(C)C)c1=O. The molecule has 0 aliphatic carbocycles. The van der Waals surface area contributed by atoms with Gasteiger partial charge in [-0.25, -0.2) is 9.59 Å². The minimum atomic E-state index is -4.20. The third-order valence-electron chi connectivity index (χ3n) is 8.34. The van der Waals surface area contributed by atoms with Gasteiger partial charge in [-0.2, -0.15) is 13.0 Å². The number of hydrogen-bond acceptors (Lipinski definition) is 10. The predicted octanol–water partition coefficient (Wildman–Crippen LogP) is 5.81. The summed E-state index contributed by atoms with van der Waals surface area (Å²) >= 11 is 0. The fourth-order valence-electron chi connectivity index (χ4n) is 6.06. The first-order valence-electron chi connectivity index (χ1n) is 16.7. The van der Waals surface area contributed by atoms with Gasteiger partial charge in [-0.05, 0) is 56.3 Å². The van der Waals surface area contributed by atoms with Gasteiger partial charge in [-0.15, -0.1) is 0 Å². The first-order chi connectivity index (χ1) is 24.8. The summed E-state index contributed by atoms with van der Waals surface area (Å²) < 4.78 is 52.3. The number of carbonyl (C=O) groups is 1. The van der Waals surface area contributed by atoms with Crippen LogP contribution in [0, 0.1) is 6.92 Å². The summed E-state index contributed by atoms with van der Waals surface area (Å²) in [7, 11) is -4.20. The van der Waals surface area contributed by atoms with Gasteiger partial charge in [-0.1, -0.05) is 96.1 Å². The molecule has 3 atom stereocenters. The van der Waals surface area contributed by atoms with Crippen molar-refractivity contribution < 1.29 is 31.6 Å². The van der Waals surface area contributed by atoms with Crippen LogP contribution in [0.3, 0.4) is 0 Å². The Balaban J connectivity index is 1.56. The predicted molar refractivity (Wildman–Crippen MR) is 192 cm³/mol. The lowest BCUT2D eigenvalue weighted by molar-refractivity contribution is -0.0913. The lowest BCUT2D eigenvalue weighted by Crippen LogP contribution is -2.47. The number of hydrogen-bond donors (Lipinski definition) is 0. The summed E-state index contributed by atoms with van der Waals surface area (Å²) in [4.78, 5) is 42.5. The molecule has 0 N–H and O–H groups in total. The summed E-state index contributed by atoms with van der Waals surface area (Å²) in [6.45, 7) is 5.97. The number of ether oxygens (including phenoxy) is 3. The standard InChI is InChI=1S/C37H41N5O9S/c1-26-24-41(34(44)42(33(26)43)35(45)50-36(2,3)4)32-23-30(51-52(46,47)22-14-21-39-40-38)31(49-32)25-48-37(27-15-8-5-9-16-27,28-17-10-6-11-18-28)29-19-12-7-13-20-29/h5-13,15-20,24,30-32H,14,21-23,25H2,1-4H3/t30-,31-,32-/m1/s1. The van der Waals surface area contributed by atoms with Crippen molar-refractivity contribution in [3.8, 4) is 0 Å². The molecule has 1 aliphatic rings. The Morgan fingerprint density at radius 1 is 0.942 bits per heavy atom. The number of nitrogens with zero attached hydrogens (tertiary/aromatic N) is 5. The first kappa shape index (κ1) is 38.2. The van der Waals surface area contributed by atoms with Crippen LogP contribution in [0.2, 0.25) is 0 Å². The second-order valence-corrected chi connectivity index (χ2v) is 15.0. The molecule has 4 aromatic rings. The fourth-order valence-corrected chi connectivity index (χ4v) is 7.22. The van der Waals surface area contributed by atoms with Gasteiger partial charge in [0.05, 0.1) is 12.4 Å². The third kappa shape index (κ3) is 8.69. The van der Waals surface area contributed by atoms with E-state index in [2.05, 4.69) is 10.0 Å². The van der Waals surface area contributed by atoms with E-state index in [0.717, 1.165) is 21.3 Å². The van der Waals surface area contributed by atoms with Gasteiger partial charge >= 0.3 is 11.8 Å². The molecule has 0 saturated carbocycles. The largest absolute Gasteiger partial charge is 0.443 e. The molecule has 14 nitrogen and oxygen atoms in total. The molecule has 3 aromatic carbocycles. The molecule has 274 valence electrons. The fraction of sp³-hybridized carbons (Fsp3) is 0.378. The van der Waals surface area contributed by atoms with E-state index in [1.54, 1.807) is 20.8 Å². The van der Waals surface area contributed by atoms with E-state index in [0.29, 0.717) is 4.57 Å². The average Bonchev–Trinajstić information content (AvgIpc) is 3.50. The quantitative estimate of drug-likeness (QED) is 0.0409. The number of carbonyl (C=O) groups excluding carboxylic acids is 1. The van der Waals surface area contributed by atoms with Crippen molar-refractivity contribution in [2.24, 2.45) is 5.11 Å². The zero-order valence-electron chi connectivity index (χ0n) is 29.3. The Bertz CT molecular complexity index is 2030. The molecule has 52 heavy (non-hydrogen) atoms. The van der Waals surface area contributed by atoms with Gasteiger partial charge < -0.3 is 14.2 Å². The summed E-state index contributed by atoms with van der Waals surface area (Å²) in [5.74, 6) is -0.439. The van der Waals surface area contributed by atoms with Gasteiger partial charge in [0.2, 0.25) is 0 Å². The Morgan fingerprint density at radius 2 is 1.48 bits per heavy atom. The van der Waals surface area contributed by atoms with Crippen molar-refractivity contribution in [1.82, 2.24) is 9.13 Å². The van der Waals surface area contributed by atoms with Crippen LogP contribution in [-0.2, 0) is 34.1 Å². The van der Waals surface area contributed by atoms with Crippen molar-refractivity contribution in [2.75, 3.05) is 18.9 Å². The smallest absolute Gasteiger partial charge is 0.425 e. The van der Waals surface area contributed by atoms with Crippen molar-refractivity contribution in [1.29, 1.82) is 0 Å². The van der Waals surface area contributed by atoms with Gasteiger partial charge in [0, 0.05) is 29.6 Å². The van der Waals surface area contributed by atoms with Crippen molar-refractivity contribution in [3.63, 3.8) is 0 Å². The van der Waals surface area contributed by atoms with E-state index < -0.39 is 62.9 Å². The van der Waals surface area contributed by atoms with Crippen LogP contribution in [0.1, 0.15) is 62.1 Å². The molecular weight excluding hydrogens is 691 g/mol. The highest BCUT2D eigenvalue weighted by Crippen LogP contribution is 2.42. The zero-order valence-corrected chi connectivity index (χ0v) is 30.1. The van der Waals surface area contributed by atoms with Gasteiger partial charge in [0.1, 0.15) is 29.6 Å². The third-order valence-corrected chi connectivity index (χ3v) is 9.67. The van der Waals surface area contributed by atoms with Crippen LogP contribution in [-0.4, -0.2) is 60.4 Å². The van der Waals surface area contributed by atoms with E-state index in [4.69, 9.17) is 23.9 Å². The van der Waals surface area contributed by atoms with Crippen molar-refractivity contribution in [2.45, 2.75) is 70.2 Å². The molecule has 1 aliphatic heterocycles. The topological polar surface area (TPSA) is 181 Å². The molecule has 1 aromatic heterocycles. The van der Waals surface area contributed by atoms with Crippen molar-refractivity contribution in [3.05, 3.63) is 151 Å². The molecular formula is C37H41N5O9S. The summed E-state index contributed by atoms with van der Waals surface area (Å²) in [5.41, 5.74) is 6.95. The van der Waals surface area contributed by atoms with Crippen molar-refractivity contribution >= 4 is 16.2 Å². The number of aryl methyl sites for hydroxylation is 1. The zero-order chi connectivity index (χ0) is 37.5. The second-order valence-electron chi connectivity index (χ2n) is 13.3. The number of azide groups is 1. The van der Waals surface area contributed by atoms with E-state index >= 15 is 0 Å². The van der Waals surface area contributed by atoms with E-state index in [-0.39, 0.29) is 31.6 Å². The number of rotatable bonds is 13. The Kier molecular flexibility index (Phi) is 11.8. The highest BCUT2D eigenvalue weighted by molar-refractivity contribution is 7.86. The molecule has 2 heterocycles. The maximum absolute atomic E-state index is 13.7. The summed E-state index contributed by atoms with van der Waals surface area (Å²) in [6.07, 6.45) is -3.45. The van der Waals surface area contributed by atoms with E-state index in [9.17, 15) is 22.8 Å². The highest BCUT2D eigenvalue weighted by Gasteiger charge is 2.44. The molecule has 0 spiro atoms. The van der Waals surface area contributed by atoms with E-state index in [1.165, 1.54) is 13.1 Å². The Morgan fingerprint density at radius 3 is 1.98 bits per heavy atom. The molecule has 0 amide bonds. The van der Waals surface area contributed by atoms with Crippen LogP contribution in [0.25, 0.3) is 10.4 Å². The van der Waals surface area contributed by atoms with Crippen LogP contribution < -0.4 is 11.2 Å². The number of aromatic nitrogens is 2. The Hall–Kier alpha value is -5.05. The van der Waals surface area contributed by atoms with Gasteiger partial charge in [0.15, 0.2) is 0 Å². The molecule has 0 bridgehead atoms. The second kappa shape index (κ2) is 16.1. The minimum absolute atomic E-state index is 0.0171. The molecule has 5 rings (SSSR count). The number of benzene rings is 3. The summed E-state index contributed by atoms with van der Waals surface area (Å²) in [6, 6.07) is 28.6. The molecule has 0 unspecified atom stereocenters.